The van der Waals surface area contributed by atoms with Crippen LogP contribution >= 0.6 is 0 Å². The molecule has 4 nitrogen and oxygen atoms in total. The summed E-state index contributed by atoms with van der Waals surface area (Å²) in [6.45, 7) is 0. The van der Waals surface area contributed by atoms with Crippen LogP contribution in [-0.4, -0.2) is 0 Å². The van der Waals surface area contributed by atoms with Crippen LogP contribution in [0.1, 0.15) is 38.5 Å². The number of hydrogen-bond acceptors (Lipinski definition) is 4. The predicted molar refractivity (Wildman–Crippen MR) is 99.2 cm³/mol. The van der Waals surface area contributed by atoms with E-state index in [0.717, 1.165) is 32.1 Å². The number of allylic oxidation sites excluding steroid dienone is 8. The molecule has 4 heteroatoms. The van der Waals surface area contributed by atoms with Gasteiger partial charge in [0.25, 0.3) is 0 Å². The van der Waals surface area contributed by atoms with Crippen molar-refractivity contribution < 1.29 is 0 Å². The fraction of sp³-hybridized carbons (Fsp3) is 0.500. The minimum Gasteiger partial charge on any atom is -0.193 e. The van der Waals surface area contributed by atoms with Gasteiger partial charge in [-0.15, -0.1) is 0 Å². The maximum atomic E-state index is 10.2. The van der Waals surface area contributed by atoms with Crippen LogP contribution in [0.5, 0.6) is 0 Å². The van der Waals surface area contributed by atoms with Crippen molar-refractivity contribution >= 4 is 0 Å². The number of nitriles is 4. The molecule has 0 aromatic heterocycles. The topological polar surface area (TPSA) is 95.2 Å². The number of nitrogens with zero attached hydrogens (tertiary/aromatic N) is 4. The van der Waals surface area contributed by atoms with Crippen LogP contribution in [0.15, 0.2) is 45.1 Å². The van der Waals surface area contributed by atoms with Crippen LogP contribution in [0.25, 0.3) is 0 Å². The summed E-state index contributed by atoms with van der Waals surface area (Å²) in [4.78, 5) is 0. The second kappa shape index (κ2) is 5.04. The first-order chi connectivity index (χ1) is 13.7. The van der Waals surface area contributed by atoms with Gasteiger partial charge in [0.2, 0.25) is 0 Å². The molecule has 0 N–H and O–H groups in total. The fourth-order valence-electron chi connectivity index (χ4n) is 7.91. The molecule has 4 bridgehead atoms. The molecule has 0 aliphatic heterocycles. The van der Waals surface area contributed by atoms with Gasteiger partial charge in [0.1, 0.15) is 12.1 Å². The third-order valence-electron chi connectivity index (χ3n) is 8.64. The van der Waals surface area contributed by atoms with Gasteiger partial charge >= 0.3 is 0 Å². The first-order valence-corrected chi connectivity index (χ1v) is 10.3. The molecule has 0 aromatic rings. The van der Waals surface area contributed by atoms with E-state index in [0.29, 0.717) is 34.8 Å². The molecular weight excluding hydrogens is 344 g/mol. The van der Waals surface area contributed by atoms with E-state index in [-0.39, 0.29) is 17.1 Å². The minimum atomic E-state index is -0.544. The van der Waals surface area contributed by atoms with E-state index >= 15 is 0 Å². The highest BCUT2D eigenvalue weighted by molar-refractivity contribution is 5.73. The van der Waals surface area contributed by atoms with Gasteiger partial charge in [-0.05, 0) is 67.8 Å². The molecule has 0 amide bonds. The van der Waals surface area contributed by atoms with Gasteiger partial charge < -0.3 is 0 Å². The molecule has 0 saturated heterocycles. The van der Waals surface area contributed by atoms with Crippen molar-refractivity contribution in [3.05, 3.63) is 45.1 Å². The summed E-state index contributed by atoms with van der Waals surface area (Å²) in [5, 5.41) is 40.1. The predicted octanol–water partition coefficient (Wildman–Crippen LogP) is 4.39. The Morgan fingerprint density at radius 2 is 1.54 bits per heavy atom. The summed E-state index contributed by atoms with van der Waals surface area (Å²) in [6, 6.07) is 9.01. The molecule has 3 fully saturated rings. The molecule has 6 aliphatic carbocycles. The standard InChI is InChI=1S/C24H18N4/c25-8-17-18(9-26)21(11-28)24-15-4-3-13(6-15)20(24)7-16-12-1-2-14(5-12)22(16)23(24)19(17)10-27/h7,12-15,23H,1-6H2/t12-,13+,14+,15-,23?,24?/m0/s1. The van der Waals surface area contributed by atoms with E-state index in [1.54, 1.807) is 0 Å². The van der Waals surface area contributed by atoms with Crippen LogP contribution in [-0.2, 0) is 0 Å². The Kier molecular flexibility index (Phi) is 2.87. The van der Waals surface area contributed by atoms with Crippen molar-refractivity contribution in [1.29, 1.82) is 21.0 Å². The third kappa shape index (κ3) is 1.46. The summed E-state index contributed by atoms with van der Waals surface area (Å²) in [5.74, 6) is 1.59. The Hall–Kier alpha value is -3.08. The summed E-state index contributed by atoms with van der Waals surface area (Å²) >= 11 is 0. The van der Waals surface area contributed by atoms with Gasteiger partial charge in [-0.3, -0.25) is 0 Å². The molecule has 28 heavy (non-hydrogen) atoms. The maximum Gasteiger partial charge on any atom is 0.102 e. The molecule has 0 radical (unpaired) electrons. The Labute approximate surface area is 164 Å². The largest absolute Gasteiger partial charge is 0.193 e. The normalized spacial score (nSPS) is 41.6. The summed E-state index contributed by atoms with van der Waals surface area (Å²) in [5.41, 5.74) is 4.73. The van der Waals surface area contributed by atoms with E-state index in [4.69, 9.17) is 0 Å². The molecule has 2 unspecified atom stereocenters. The van der Waals surface area contributed by atoms with Crippen LogP contribution in [0.3, 0.4) is 0 Å². The highest BCUT2D eigenvalue weighted by Gasteiger charge is 2.67. The van der Waals surface area contributed by atoms with Gasteiger partial charge in [-0.25, -0.2) is 0 Å². The zero-order valence-electron chi connectivity index (χ0n) is 15.5. The van der Waals surface area contributed by atoms with E-state index in [1.807, 2.05) is 0 Å². The van der Waals surface area contributed by atoms with Crippen LogP contribution in [0.2, 0.25) is 0 Å². The lowest BCUT2D eigenvalue weighted by molar-refractivity contribution is 0.212. The Morgan fingerprint density at radius 3 is 2.25 bits per heavy atom. The minimum absolute atomic E-state index is 0.149. The molecule has 0 heterocycles. The second-order valence-corrected chi connectivity index (χ2v) is 9.21. The van der Waals surface area contributed by atoms with Gasteiger partial charge in [-0.2, -0.15) is 21.0 Å². The number of hydrogen-bond donors (Lipinski definition) is 0. The highest BCUT2D eigenvalue weighted by Crippen LogP contribution is 2.74. The summed E-state index contributed by atoms with van der Waals surface area (Å²) in [6.07, 6.45) is 9.11. The Balaban J connectivity index is 1.76. The SMILES string of the molecule is N#CC1=C(C#N)C2C3=C(C=C4[C@@H]5CC[C@@H](C5)C42C(C#N)=C1C#N)[C@H]1CC[C@@H]3C1. The lowest BCUT2D eigenvalue weighted by Crippen LogP contribution is -2.46. The quantitative estimate of drug-likeness (QED) is 0.638. The van der Waals surface area contributed by atoms with Gasteiger partial charge in [0, 0.05) is 11.3 Å². The van der Waals surface area contributed by atoms with Gasteiger partial charge in [0.15, 0.2) is 0 Å². The zero-order chi connectivity index (χ0) is 19.2. The number of rotatable bonds is 0. The van der Waals surface area contributed by atoms with Gasteiger partial charge in [0.05, 0.1) is 34.4 Å². The molecule has 0 aromatic carbocycles. The summed E-state index contributed by atoms with van der Waals surface area (Å²) < 4.78 is 0. The highest BCUT2D eigenvalue weighted by atomic mass is 14.7. The maximum absolute atomic E-state index is 10.2. The lowest BCUT2D eigenvalue weighted by Gasteiger charge is -2.52. The number of fused-ring (bicyclic) bond motifs is 8. The molecule has 134 valence electrons. The van der Waals surface area contributed by atoms with Crippen molar-refractivity contribution in [2.75, 3.05) is 0 Å². The van der Waals surface area contributed by atoms with Crippen molar-refractivity contribution in [2.45, 2.75) is 38.5 Å². The monoisotopic (exact) mass is 362 g/mol. The lowest BCUT2D eigenvalue weighted by atomic mass is 9.48. The van der Waals surface area contributed by atoms with Crippen molar-refractivity contribution in [3.63, 3.8) is 0 Å². The first kappa shape index (κ1) is 15.9. The second-order valence-electron chi connectivity index (χ2n) is 9.21. The fourth-order valence-corrected chi connectivity index (χ4v) is 7.91. The molecule has 1 spiro atoms. The van der Waals surface area contributed by atoms with E-state index in [1.165, 1.54) is 23.1 Å². The summed E-state index contributed by atoms with van der Waals surface area (Å²) in [7, 11) is 0. The van der Waals surface area contributed by atoms with Crippen LogP contribution in [0, 0.1) is 80.3 Å². The van der Waals surface area contributed by atoms with Crippen LogP contribution in [0.4, 0.5) is 0 Å². The molecular formula is C24H18N4. The van der Waals surface area contributed by atoms with E-state index in [2.05, 4.69) is 30.4 Å². The van der Waals surface area contributed by atoms with Crippen LogP contribution < -0.4 is 0 Å². The van der Waals surface area contributed by atoms with Crippen molar-refractivity contribution in [2.24, 2.45) is 35.0 Å². The van der Waals surface area contributed by atoms with Crippen molar-refractivity contribution in [1.82, 2.24) is 0 Å². The molecule has 6 aliphatic rings. The molecule has 3 saturated carbocycles. The smallest absolute Gasteiger partial charge is 0.102 e. The average Bonchev–Trinajstić information content (AvgIpc) is 3.50. The van der Waals surface area contributed by atoms with E-state index < -0.39 is 5.41 Å². The Bertz CT molecular complexity index is 1150. The first-order valence-electron chi connectivity index (χ1n) is 10.3. The third-order valence-corrected chi connectivity index (χ3v) is 8.64. The van der Waals surface area contributed by atoms with Gasteiger partial charge in [-0.1, -0.05) is 17.2 Å². The average molecular weight is 362 g/mol. The molecule has 6 rings (SSSR count). The van der Waals surface area contributed by atoms with Crippen molar-refractivity contribution in [3.8, 4) is 24.3 Å². The van der Waals surface area contributed by atoms with E-state index in [9.17, 15) is 21.0 Å². The molecule has 6 atom stereocenters. The zero-order valence-corrected chi connectivity index (χ0v) is 15.5. The Morgan fingerprint density at radius 1 is 0.786 bits per heavy atom.